The number of hydrogen-bond donors (Lipinski definition) is 2. The molecule has 1 fully saturated rings. The van der Waals surface area contributed by atoms with E-state index in [2.05, 4.69) is 42.3 Å². The Labute approximate surface area is 105 Å². The van der Waals surface area contributed by atoms with Crippen LogP contribution >= 0.6 is 0 Å². The minimum absolute atomic E-state index is 0.0218. The Morgan fingerprint density at radius 2 is 2.17 bits per heavy atom. The third-order valence-corrected chi connectivity index (χ3v) is 3.53. The fourth-order valence-corrected chi connectivity index (χ4v) is 2.47. The van der Waals surface area contributed by atoms with E-state index in [0.717, 1.165) is 11.1 Å². The van der Waals surface area contributed by atoms with Crippen molar-refractivity contribution in [1.29, 1.82) is 0 Å². The molecule has 0 saturated carbocycles. The topological polar surface area (TPSA) is 54.1 Å². The lowest BCUT2D eigenvalue weighted by atomic mass is 9.80. The molecule has 18 heavy (non-hydrogen) atoms. The maximum Gasteiger partial charge on any atom is 0.407 e. The van der Waals surface area contributed by atoms with Gasteiger partial charge < -0.3 is 15.0 Å². The first-order valence-corrected chi connectivity index (χ1v) is 6.07. The number of rotatable bonds is 1. The zero-order chi connectivity index (χ0) is 12.8. The van der Waals surface area contributed by atoms with Crippen molar-refractivity contribution in [2.75, 3.05) is 6.61 Å². The average molecular weight is 244 g/mol. The van der Waals surface area contributed by atoms with Crippen molar-refractivity contribution in [1.82, 2.24) is 10.3 Å². The molecular weight excluding hydrogens is 228 g/mol. The van der Waals surface area contributed by atoms with E-state index in [1.54, 1.807) is 0 Å². The number of cyclic esters (lactones) is 1. The van der Waals surface area contributed by atoms with Crippen LogP contribution in [0.25, 0.3) is 10.9 Å². The van der Waals surface area contributed by atoms with Crippen LogP contribution in [0.15, 0.2) is 30.5 Å². The average Bonchev–Trinajstić information content (AvgIpc) is 2.79. The van der Waals surface area contributed by atoms with E-state index in [1.807, 2.05) is 12.3 Å². The Morgan fingerprint density at radius 3 is 3.00 bits per heavy atom. The van der Waals surface area contributed by atoms with E-state index in [1.165, 1.54) is 5.39 Å². The zero-order valence-corrected chi connectivity index (χ0v) is 10.5. The van der Waals surface area contributed by atoms with Crippen molar-refractivity contribution in [3.05, 3.63) is 36.0 Å². The van der Waals surface area contributed by atoms with Crippen molar-refractivity contribution >= 4 is 17.0 Å². The summed E-state index contributed by atoms with van der Waals surface area (Å²) in [4.78, 5) is 14.6. The van der Waals surface area contributed by atoms with Gasteiger partial charge in [0.1, 0.15) is 6.61 Å². The van der Waals surface area contributed by atoms with Crippen LogP contribution < -0.4 is 5.32 Å². The first-order valence-electron chi connectivity index (χ1n) is 6.07. The second kappa shape index (κ2) is 3.77. The molecule has 2 heterocycles. The van der Waals surface area contributed by atoms with Crippen molar-refractivity contribution < 1.29 is 9.53 Å². The van der Waals surface area contributed by atoms with Gasteiger partial charge in [0.2, 0.25) is 0 Å². The fraction of sp³-hybridized carbons (Fsp3) is 0.357. The maximum absolute atomic E-state index is 11.4. The third kappa shape index (κ3) is 1.74. The quantitative estimate of drug-likeness (QED) is 0.810. The van der Waals surface area contributed by atoms with Gasteiger partial charge in [0.15, 0.2) is 0 Å². The molecule has 0 unspecified atom stereocenters. The Kier molecular flexibility index (Phi) is 2.33. The van der Waals surface area contributed by atoms with Gasteiger partial charge >= 0.3 is 6.09 Å². The van der Waals surface area contributed by atoms with Crippen LogP contribution in [-0.4, -0.2) is 17.7 Å². The Hall–Kier alpha value is -1.97. The van der Waals surface area contributed by atoms with Gasteiger partial charge in [0.05, 0.1) is 6.04 Å². The van der Waals surface area contributed by atoms with Gasteiger partial charge in [-0.2, -0.15) is 0 Å². The summed E-state index contributed by atoms with van der Waals surface area (Å²) in [6.07, 6.45) is 1.58. The molecular formula is C14H16N2O2. The SMILES string of the molecule is CC1(C)COC(=O)N[C@H]1c1ccc2cc[nH]c2c1. The number of fused-ring (bicyclic) bond motifs is 1. The minimum atomic E-state index is -0.342. The van der Waals surface area contributed by atoms with E-state index in [0.29, 0.717) is 6.61 Å². The monoisotopic (exact) mass is 244 g/mol. The summed E-state index contributed by atoms with van der Waals surface area (Å²) >= 11 is 0. The molecule has 2 N–H and O–H groups in total. The lowest BCUT2D eigenvalue weighted by Crippen LogP contribution is -2.46. The molecule has 4 heteroatoms. The van der Waals surface area contributed by atoms with E-state index in [-0.39, 0.29) is 17.6 Å². The molecule has 0 bridgehead atoms. The van der Waals surface area contributed by atoms with Gasteiger partial charge in [-0.05, 0) is 23.1 Å². The van der Waals surface area contributed by atoms with Crippen LogP contribution in [0.1, 0.15) is 25.5 Å². The van der Waals surface area contributed by atoms with Crippen LogP contribution in [0, 0.1) is 5.41 Å². The number of carbonyl (C=O) groups excluding carboxylic acids is 1. The molecule has 1 aliphatic rings. The van der Waals surface area contributed by atoms with Crippen LogP contribution in [0.4, 0.5) is 4.79 Å². The van der Waals surface area contributed by atoms with Crippen molar-refractivity contribution in [3.8, 4) is 0 Å². The van der Waals surface area contributed by atoms with Crippen LogP contribution in [0.2, 0.25) is 0 Å². The highest BCUT2D eigenvalue weighted by molar-refractivity contribution is 5.80. The minimum Gasteiger partial charge on any atom is -0.449 e. The second-order valence-electron chi connectivity index (χ2n) is 5.47. The maximum atomic E-state index is 11.4. The summed E-state index contributed by atoms with van der Waals surface area (Å²) in [6.45, 7) is 4.62. The molecule has 2 aromatic rings. The predicted octanol–water partition coefficient (Wildman–Crippen LogP) is 2.98. The molecule has 1 saturated heterocycles. The van der Waals surface area contributed by atoms with Crippen LogP contribution in [-0.2, 0) is 4.74 Å². The van der Waals surface area contributed by atoms with Gasteiger partial charge in [0, 0.05) is 17.1 Å². The number of amides is 1. The molecule has 1 aromatic heterocycles. The predicted molar refractivity (Wildman–Crippen MR) is 69.3 cm³/mol. The summed E-state index contributed by atoms with van der Waals surface area (Å²) in [5.41, 5.74) is 2.07. The first kappa shape index (κ1) is 11.1. The van der Waals surface area contributed by atoms with Gasteiger partial charge in [-0.3, -0.25) is 0 Å². The highest BCUT2D eigenvalue weighted by Gasteiger charge is 2.37. The highest BCUT2D eigenvalue weighted by atomic mass is 16.6. The van der Waals surface area contributed by atoms with E-state index < -0.39 is 0 Å². The number of ether oxygens (including phenoxy) is 1. The van der Waals surface area contributed by atoms with Gasteiger partial charge in [-0.15, -0.1) is 0 Å². The van der Waals surface area contributed by atoms with Crippen molar-refractivity contribution in [3.63, 3.8) is 0 Å². The van der Waals surface area contributed by atoms with E-state index in [9.17, 15) is 4.79 Å². The molecule has 3 rings (SSSR count). The normalized spacial score (nSPS) is 22.6. The van der Waals surface area contributed by atoms with Gasteiger partial charge in [-0.25, -0.2) is 4.79 Å². The highest BCUT2D eigenvalue weighted by Crippen LogP contribution is 2.37. The fourth-order valence-electron chi connectivity index (χ4n) is 2.47. The number of hydrogen-bond acceptors (Lipinski definition) is 2. The van der Waals surface area contributed by atoms with Gasteiger partial charge in [0.25, 0.3) is 0 Å². The first-order chi connectivity index (χ1) is 8.56. The molecule has 0 aliphatic carbocycles. The number of carbonyl (C=O) groups is 1. The Morgan fingerprint density at radius 1 is 1.33 bits per heavy atom. The standard InChI is InChI=1S/C14H16N2O2/c1-14(2)8-18-13(17)16-12(14)10-4-3-9-5-6-15-11(9)7-10/h3-7,12,15H,8H2,1-2H3,(H,16,17)/t12-/m0/s1. The molecule has 94 valence electrons. The summed E-state index contributed by atoms with van der Waals surface area (Å²) in [5, 5.41) is 4.08. The van der Waals surface area contributed by atoms with Crippen molar-refractivity contribution in [2.24, 2.45) is 5.41 Å². The van der Waals surface area contributed by atoms with Crippen molar-refractivity contribution in [2.45, 2.75) is 19.9 Å². The number of aromatic amines is 1. The number of nitrogens with one attached hydrogen (secondary N) is 2. The molecule has 1 aliphatic heterocycles. The third-order valence-electron chi connectivity index (χ3n) is 3.53. The van der Waals surface area contributed by atoms with E-state index in [4.69, 9.17) is 4.74 Å². The smallest absolute Gasteiger partial charge is 0.407 e. The summed E-state index contributed by atoms with van der Waals surface area (Å²) in [5.74, 6) is 0. The summed E-state index contributed by atoms with van der Waals surface area (Å²) in [7, 11) is 0. The summed E-state index contributed by atoms with van der Waals surface area (Å²) in [6, 6.07) is 8.24. The molecule has 0 radical (unpaired) electrons. The number of H-pyrrole nitrogens is 1. The number of alkyl carbamates (subject to hydrolysis) is 1. The number of benzene rings is 1. The zero-order valence-electron chi connectivity index (χ0n) is 10.5. The lowest BCUT2D eigenvalue weighted by molar-refractivity contribution is 0.0388. The molecule has 1 amide bonds. The Bertz CT molecular complexity index is 601. The molecule has 1 atom stereocenters. The lowest BCUT2D eigenvalue weighted by Gasteiger charge is -2.38. The second-order valence-corrected chi connectivity index (χ2v) is 5.47. The molecule has 0 spiro atoms. The largest absolute Gasteiger partial charge is 0.449 e. The molecule has 1 aromatic carbocycles. The van der Waals surface area contributed by atoms with Crippen LogP contribution in [0.5, 0.6) is 0 Å². The van der Waals surface area contributed by atoms with E-state index >= 15 is 0 Å². The van der Waals surface area contributed by atoms with Gasteiger partial charge in [-0.1, -0.05) is 26.0 Å². The Balaban J connectivity index is 2.03. The summed E-state index contributed by atoms with van der Waals surface area (Å²) < 4.78 is 5.06. The molecule has 4 nitrogen and oxygen atoms in total. The van der Waals surface area contributed by atoms with Crippen LogP contribution in [0.3, 0.4) is 0 Å². The number of aromatic nitrogens is 1.